The number of aromatic nitrogens is 3. The van der Waals surface area contributed by atoms with Crippen molar-refractivity contribution in [2.24, 2.45) is 0 Å². The first-order valence-corrected chi connectivity index (χ1v) is 9.69. The Hall–Kier alpha value is -2.22. The molecule has 4 aromatic rings. The largest absolute Gasteiger partial charge is 0.350 e. The Bertz CT molecular complexity index is 1020. The third-order valence-electron chi connectivity index (χ3n) is 3.56. The first-order chi connectivity index (χ1) is 12.2. The first-order valence-electron chi connectivity index (χ1n) is 7.55. The summed E-state index contributed by atoms with van der Waals surface area (Å²) in [6, 6.07) is 7.66. The number of hydrogen-bond acceptors (Lipinski definition) is 5. The maximum absolute atomic E-state index is 12.2. The Morgan fingerprint density at radius 3 is 2.92 bits per heavy atom. The smallest absolute Gasteiger partial charge is 0.226 e. The number of amides is 1. The molecule has 1 N–H and O–H groups in total. The van der Waals surface area contributed by atoms with Crippen molar-refractivity contribution in [2.75, 3.05) is 0 Å². The lowest BCUT2D eigenvalue weighted by atomic mass is 10.3. The Labute approximate surface area is 156 Å². The normalized spacial score (nSPS) is 11.1. The van der Waals surface area contributed by atoms with Gasteiger partial charge >= 0.3 is 0 Å². The van der Waals surface area contributed by atoms with Gasteiger partial charge in [0.25, 0.3) is 0 Å². The highest BCUT2D eigenvalue weighted by Gasteiger charge is 2.10. The first kappa shape index (κ1) is 16.3. The number of carbonyl (C=O) groups excluding carboxylic acids is 1. The number of nitrogens with one attached hydrogen (secondary N) is 1. The minimum atomic E-state index is -0.0712. The lowest BCUT2D eigenvalue weighted by Crippen LogP contribution is -2.24. The zero-order valence-electron chi connectivity index (χ0n) is 13.0. The van der Waals surface area contributed by atoms with Crippen LogP contribution in [0.3, 0.4) is 0 Å². The van der Waals surface area contributed by atoms with Gasteiger partial charge in [0, 0.05) is 17.8 Å². The number of pyridine rings is 1. The van der Waals surface area contributed by atoms with Crippen LogP contribution in [-0.2, 0) is 17.8 Å². The van der Waals surface area contributed by atoms with Crippen LogP contribution in [0.25, 0.3) is 15.5 Å². The van der Waals surface area contributed by atoms with Gasteiger partial charge in [-0.25, -0.2) is 9.97 Å². The Balaban J connectivity index is 1.37. The lowest BCUT2D eigenvalue weighted by Gasteiger charge is -2.01. The molecule has 1 amide bonds. The second-order valence-corrected chi connectivity index (χ2v) is 7.66. The maximum atomic E-state index is 12.2. The van der Waals surface area contributed by atoms with Crippen LogP contribution >= 0.6 is 34.3 Å². The molecule has 0 unspecified atom stereocenters. The molecule has 25 heavy (non-hydrogen) atoms. The molecule has 0 aliphatic rings. The summed E-state index contributed by atoms with van der Waals surface area (Å²) in [6.45, 7) is 0.375. The topological polar surface area (TPSA) is 59.3 Å². The molecule has 4 rings (SSSR count). The highest BCUT2D eigenvalue weighted by Crippen LogP contribution is 2.27. The van der Waals surface area contributed by atoms with E-state index in [1.807, 2.05) is 39.6 Å². The van der Waals surface area contributed by atoms with Gasteiger partial charge < -0.3 is 9.72 Å². The summed E-state index contributed by atoms with van der Waals surface area (Å²) in [5.74, 6) is -0.0712. The van der Waals surface area contributed by atoms with E-state index in [4.69, 9.17) is 11.6 Å². The Morgan fingerprint density at radius 2 is 2.08 bits per heavy atom. The molecule has 0 spiro atoms. The Kier molecular flexibility index (Phi) is 4.52. The van der Waals surface area contributed by atoms with Gasteiger partial charge in [-0.2, -0.15) is 0 Å². The van der Waals surface area contributed by atoms with E-state index in [9.17, 15) is 4.79 Å². The van der Waals surface area contributed by atoms with Gasteiger partial charge in [0.2, 0.25) is 5.91 Å². The molecule has 4 aromatic heterocycles. The second-order valence-electron chi connectivity index (χ2n) is 5.42. The van der Waals surface area contributed by atoms with Crippen LogP contribution in [0, 0.1) is 0 Å². The molecule has 126 valence electrons. The van der Waals surface area contributed by atoms with Crippen molar-refractivity contribution in [1.29, 1.82) is 0 Å². The van der Waals surface area contributed by atoms with Crippen molar-refractivity contribution in [3.05, 3.63) is 63.8 Å². The fourth-order valence-electron chi connectivity index (χ4n) is 2.42. The zero-order chi connectivity index (χ0) is 17.2. The molecular weight excluding hydrogens is 376 g/mol. The van der Waals surface area contributed by atoms with E-state index >= 15 is 0 Å². The Morgan fingerprint density at radius 1 is 1.16 bits per heavy atom. The monoisotopic (exact) mass is 388 g/mol. The standard InChI is InChI=1S/C17H13ClN4OS2/c18-11-3-4-15-20-13(9-22(15)8-11)7-19-16(23)6-12-10-25-17(21-12)14-2-1-5-24-14/h1-5,8-10H,6-7H2,(H,19,23). The number of fused-ring (bicyclic) bond motifs is 1. The summed E-state index contributed by atoms with van der Waals surface area (Å²) in [7, 11) is 0. The highest BCUT2D eigenvalue weighted by atomic mass is 35.5. The fraction of sp³-hybridized carbons (Fsp3) is 0.118. The average Bonchev–Trinajstić information content (AvgIpc) is 3.32. The number of carbonyl (C=O) groups is 1. The van der Waals surface area contributed by atoms with E-state index in [1.165, 1.54) is 0 Å². The molecule has 4 heterocycles. The summed E-state index contributed by atoms with van der Waals surface area (Å²) >= 11 is 9.17. The molecule has 5 nitrogen and oxygen atoms in total. The van der Waals surface area contributed by atoms with Crippen molar-refractivity contribution in [1.82, 2.24) is 19.7 Å². The number of imidazole rings is 1. The quantitative estimate of drug-likeness (QED) is 0.561. The molecule has 0 saturated carbocycles. The number of thiophene rings is 1. The van der Waals surface area contributed by atoms with E-state index in [0.29, 0.717) is 11.6 Å². The molecule has 8 heteroatoms. The summed E-state index contributed by atoms with van der Waals surface area (Å²) < 4.78 is 1.84. The van der Waals surface area contributed by atoms with Gasteiger partial charge in [0.05, 0.1) is 34.3 Å². The van der Waals surface area contributed by atoms with Gasteiger partial charge in [0.15, 0.2) is 0 Å². The minimum Gasteiger partial charge on any atom is -0.350 e. The van der Waals surface area contributed by atoms with Gasteiger partial charge in [-0.05, 0) is 23.6 Å². The molecule has 0 aliphatic carbocycles. The van der Waals surface area contributed by atoms with Crippen LogP contribution in [0.2, 0.25) is 5.02 Å². The van der Waals surface area contributed by atoms with Crippen LogP contribution in [0.1, 0.15) is 11.4 Å². The third-order valence-corrected chi connectivity index (χ3v) is 5.71. The summed E-state index contributed by atoms with van der Waals surface area (Å²) in [4.78, 5) is 22.3. The average molecular weight is 389 g/mol. The highest BCUT2D eigenvalue weighted by molar-refractivity contribution is 7.20. The number of thiazole rings is 1. The number of nitrogens with zero attached hydrogens (tertiary/aromatic N) is 3. The molecule has 0 fully saturated rings. The van der Waals surface area contributed by atoms with Gasteiger partial charge in [-0.15, -0.1) is 22.7 Å². The van der Waals surface area contributed by atoms with E-state index in [0.717, 1.165) is 26.9 Å². The number of hydrogen-bond donors (Lipinski definition) is 1. The van der Waals surface area contributed by atoms with Crippen LogP contribution in [0.15, 0.2) is 47.4 Å². The van der Waals surface area contributed by atoms with Gasteiger partial charge in [0.1, 0.15) is 10.7 Å². The SMILES string of the molecule is O=C(Cc1csc(-c2cccs2)n1)NCc1cn2cc(Cl)ccc2n1. The fourth-order valence-corrected chi connectivity index (χ4v) is 4.22. The molecule has 0 bridgehead atoms. The third kappa shape index (κ3) is 3.73. The molecule has 0 atom stereocenters. The van der Waals surface area contributed by atoms with Crippen molar-refractivity contribution < 1.29 is 4.79 Å². The van der Waals surface area contributed by atoms with Crippen LogP contribution < -0.4 is 5.32 Å². The molecule has 0 aromatic carbocycles. The predicted molar refractivity (Wildman–Crippen MR) is 101 cm³/mol. The van der Waals surface area contributed by atoms with Crippen molar-refractivity contribution in [3.63, 3.8) is 0 Å². The number of rotatable bonds is 5. The number of halogens is 1. The van der Waals surface area contributed by atoms with Crippen LogP contribution in [0.4, 0.5) is 0 Å². The zero-order valence-corrected chi connectivity index (χ0v) is 15.4. The summed E-state index contributed by atoms with van der Waals surface area (Å²) in [5.41, 5.74) is 2.37. The predicted octanol–water partition coefficient (Wildman–Crippen LogP) is 4.03. The second kappa shape index (κ2) is 6.95. The van der Waals surface area contributed by atoms with Crippen LogP contribution in [-0.4, -0.2) is 20.3 Å². The van der Waals surface area contributed by atoms with Crippen molar-refractivity contribution in [3.8, 4) is 9.88 Å². The minimum absolute atomic E-state index is 0.0712. The van der Waals surface area contributed by atoms with E-state index < -0.39 is 0 Å². The maximum Gasteiger partial charge on any atom is 0.226 e. The van der Waals surface area contributed by atoms with Crippen molar-refractivity contribution in [2.45, 2.75) is 13.0 Å². The van der Waals surface area contributed by atoms with Crippen molar-refractivity contribution >= 4 is 45.8 Å². The van der Waals surface area contributed by atoms with E-state index in [-0.39, 0.29) is 12.3 Å². The molecular formula is C17H13ClN4OS2. The molecule has 0 saturated heterocycles. The van der Waals surface area contributed by atoms with Gasteiger partial charge in [-0.3, -0.25) is 4.79 Å². The lowest BCUT2D eigenvalue weighted by molar-refractivity contribution is -0.120. The van der Waals surface area contributed by atoms with E-state index in [1.54, 1.807) is 34.9 Å². The summed E-state index contributed by atoms with van der Waals surface area (Å²) in [6.07, 6.45) is 3.91. The molecule has 0 aliphatic heterocycles. The van der Waals surface area contributed by atoms with E-state index in [2.05, 4.69) is 15.3 Å². The van der Waals surface area contributed by atoms with Gasteiger partial charge in [-0.1, -0.05) is 17.7 Å². The van der Waals surface area contributed by atoms with Crippen LogP contribution in [0.5, 0.6) is 0 Å². The summed E-state index contributed by atoms with van der Waals surface area (Å²) in [5, 5.41) is 8.44. The molecule has 0 radical (unpaired) electrons.